The average Bonchev–Trinajstić information content (AvgIpc) is 3.01. The smallest absolute Gasteiger partial charge is 0.200 e. The Labute approximate surface area is 130 Å². The summed E-state index contributed by atoms with van der Waals surface area (Å²) in [7, 11) is 0. The predicted octanol–water partition coefficient (Wildman–Crippen LogP) is -0.753. The molecular formula is C12H17N5O4S. The number of anilines is 1. The number of hydrogen-bond acceptors (Lipinski definition) is 8. The minimum Gasteiger partial charge on any atom is -0.394 e. The van der Waals surface area contributed by atoms with E-state index in [1.807, 2.05) is 0 Å². The maximum atomic E-state index is 10.5. The maximum absolute atomic E-state index is 10.5. The molecule has 1 aliphatic heterocycles. The molecule has 3 rings (SSSR count). The molecular weight excluding hydrogens is 310 g/mol. The number of aliphatic hydroxyl groups excluding tert-OH is 3. The van der Waals surface area contributed by atoms with Crippen LogP contribution in [-0.4, -0.2) is 59.8 Å². The number of ether oxygens (including phenoxy) is 1. The lowest BCUT2D eigenvalue weighted by atomic mass is 10.00. The number of rotatable bonds is 3. The number of aromatic nitrogens is 4. The molecule has 0 amide bonds. The van der Waals surface area contributed by atoms with Crippen molar-refractivity contribution in [1.82, 2.24) is 19.5 Å². The van der Waals surface area contributed by atoms with Crippen LogP contribution in [0.5, 0.6) is 0 Å². The van der Waals surface area contributed by atoms with Crippen LogP contribution in [0.3, 0.4) is 0 Å². The normalized spacial score (nSPS) is 31.9. The minimum atomic E-state index is -1.28. The lowest BCUT2D eigenvalue weighted by Crippen LogP contribution is -2.45. The molecule has 2 aromatic heterocycles. The van der Waals surface area contributed by atoms with Crippen molar-refractivity contribution >= 4 is 29.3 Å². The van der Waals surface area contributed by atoms with E-state index in [1.54, 1.807) is 11.5 Å². The van der Waals surface area contributed by atoms with Gasteiger partial charge in [0.05, 0.1) is 12.9 Å². The van der Waals surface area contributed by atoms with Crippen molar-refractivity contribution in [3.63, 3.8) is 0 Å². The molecule has 1 saturated heterocycles. The third-order valence-corrected chi connectivity index (χ3v) is 4.34. The van der Waals surface area contributed by atoms with Crippen LogP contribution in [-0.2, 0) is 10.5 Å². The van der Waals surface area contributed by atoms with Gasteiger partial charge in [0.25, 0.3) is 0 Å². The molecule has 2 aromatic rings. The van der Waals surface area contributed by atoms with Gasteiger partial charge in [-0.25, -0.2) is 9.97 Å². The fraction of sp³-hybridized carbons (Fsp3) is 0.583. The summed E-state index contributed by atoms with van der Waals surface area (Å²) in [5.74, 6) is 0.109. The highest BCUT2D eigenvalue weighted by Crippen LogP contribution is 2.39. The van der Waals surface area contributed by atoms with E-state index in [1.165, 1.54) is 6.33 Å². The van der Waals surface area contributed by atoms with E-state index in [-0.39, 0.29) is 10.6 Å². The number of hydrogen-bond donors (Lipinski definition) is 5. The molecule has 1 fully saturated rings. The highest BCUT2D eigenvalue weighted by molar-refractivity contribution is 7.71. The number of aliphatic hydroxyl groups is 3. The van der Waals surface area contributed by atoms with E-state index >= 15 is 0 Å². The number of nitrogens with zero attached hydrogens (tertiary/aromatic N) is 3. The molecule has 3 heterocycles. The summed E-state index contributed by atoms with van der Waals surface area (Å²) in [6, 6.07) is 0. The van der Waals surface area contributed by atoms with Crippen molar-refractivity contribution in [1.29, 1.82) is 0 Å². The highest BCUT2D eigenvalue weighted by atomic mass is 32.1. The molecule has 22 heavy (non-hydrogen) atoms. The van der Waals surface area contributed by atoms with Crippen molar-refractivity contribution in [2.75, 3.05) is 12.3 Å². The van der Waals surface area contributed by atoms with Gasteiger partial charge in [-0.05, 0) is 6.42 Å². The summed E-state index contributed by atoms with van der Waals surface area (Å²) in [6.45, 7) is 1.38. The summed E-state index contributed by atoms with van der Waals surface area (Å²) in [5.41, 5.74) is 5.25. The number of H-pyrrole nitrogens is 1. The molecule has 0 aromatic carbocycles. The van der Waals surface area contributed by atoms with Gasteiger partial charge in [0.2, 0.25) is 0 Å². The molecule has 0 bridgehead atoms. The summed E-state index contributed by atoms with van der Waals surface area (Å²) in [5, 5.41) is 29.8. The fourth-order valence-corrected chi connectivity index (χ4v) is 3.15. The number of nitrogens with one attached hydrogen (secondary N) is 1. The quantitative estimate of drug-likeness (QED) is 0.463. The molecule has 1 aliphatic rings. The molecule has 0 radical (unpaired) electrons. The standard InChI is InChI=1S/C12H17N5O4S/c1-2-12(8(20)7(19)5(3-18)21-12)17-4-14-6-9(17)15-11(13)16-10(6)22/h4-5,7-8,18-20H,2-3H2,1H3,(H3,13,15,16,22)/t5-,7-,8-,12-/m1/s1. The molecule has 0 saturated carbocycles. The maximum Gasteiger partial charge on any atom is 0.200 e. The molecule has 10 heteroatoms. The van der Waals surface area contributed by atoms with Crippen molar-refractivity contribution in [2.24, 2.45) is 0 Å². The Morgan fingerprint density at radius 3 is 2.86 bits per heavy atom. The van der Waals surface area contributed by atoms with Crippen molar-refractivity contribution in [3.05, 3.63) is 11.0 Å². The zero-order valence-electron chi connectivity index (χ0n) is 11.8. The number of imidazole rings is 1. The van der Waals surface area contributed by atoms with E-state index in [2.05, 4.69) is 15.0 Å². The molecule has 9 nitrogen and oxygen atoms in total. The molecule has 0 spiro atoms. The Bertz CT molecular complexity index is 762. The zero-order valence-corrected chi connectivity index (χ0v) is 12.6. The molecule has 0 unspecified atom stereocenters. The summed E-state index contributed by atoms with van der Waals surface area (Å²) >= 11 is 5.12. The van der Waals surface area contributed by atoms with Gasteiger partial charge in [-0.1, -0.05) is 19.1 Å². The lowest BCUT2D eigenvalue weighted by molar-refractivity contribution is -0.147. The Morgan fingerprint density at radius 1 is 1.55 bits per heavy atom. The van der Waals surface area contributed by atoms with Crippen LogP contribution < -0.4 is 5.73 Å². The second kappa shape index (κ2) is 5.25. The van der Waals surface area contributed by atoms with Gasteiger partial charge in [0, 0.05) is 0 Å². The van der Waals surface area contributed by atoms with Gasteiger partial charge in [0.15, 0.2) is 16.3 Å². The molecule has 4 atom stereocenters. The molecule has 120 valence electrons. The van der Waals surface area contributed by atoms with Gasteiger partial charge >= 0.3 is 0 Å². The average molecular weight is 327 g/mol. The first kappa shape index (κ1) is 15.3. The summed E-state index contributed by atoms with van der Waals surface area (Å²) in [6.07, 6.45) is -1.59. The second-order valence-electron chi connectivity index (χ2n) is 5.21. The van der Waals surface area contributed by atoms with Crippen molar-refractivity contribution in [2.45, 2.75) is 37.4 Å². The Balaban J connectivity index is 2.22. The van der Waals surface area contributed by atoms with Gasteiger partial charge in [-0.2, -0.15) is 0 Å². The topological polar surface area (TPSA) is 142 Å². The first-order valence-electron chi connectivity index (χ1n) is 6.82. The monoisotopic (exact) mass is 327 g/mol. The minimum absolute atomic E-state index is 0.109. The number of fused-ring (bicyclic) bond motifs is 1. The predicted molar refractivity (Wildman–Crippen MR) is 79.4 cm³/mol. The van der Waals surface area contributed by atoms with E-state index in [4.69, 9.17) is 22.7 Å². The second-order valence-corrected chi connectivity index (χ2v) is 5.60. The lowest BCUT2D eigenvalue weighted by Gasteiger charge is -2.32. The third-order valence-electron chi connectivity index (χ3n) is 4.05. The van der Waals surface area contributed by atoms with Gasteiger partial charge in [-0.3, -0.25) is 4.57 Å². The van der Waals surface area contributed by atoms with E-state index in [0.29, 0.717) is 17.6 Å². The Kier molecular flexibility index (Phi) is 3.65. The van der Waals surface area contributed by atoms with E-state index in [0.717, 1.165) is 0 Å². The third kappa shape index (κ3) is 1.96. The number of nitrogen functional groups attached to an aromatic ring is 1. The number of nitrogens with two attached hydrogens (primary N) is 1. The first-order chi connectivity index (χ1) is 10.4. The summed E-state index contributed by atoms with van der Waals surface area (Å²) < 4.78 is 7.53. The first-order valence-corrected chi connectivity index (χ1v) is 7.23. The van der Waals surface area contributed by atoms with E-state index in [9.17, 15) is 15.3 Å². The van der Waals surface area contributed by atoms with E-state index < -0.39 is 30.6 Å². The largest absolute Gasteiger partial charge is 0.394 e. The van der Waals surface area contributed by atoms with Crippen molar-refractivity contribution in [3.8, 4) is 0 Å². The van der Waals surface area contributed by atoms with Gasteiger partial charge in [-0.15, -0.1) is 0 Å². The SMILES string of the molecule is CC[C@@]1(n2cnc3c(=S)nc(N)[nH]c32)O[C@H](CO)[C@@H](O)[C@H]1O. The highest BCUT2D eigenvalue weighted by Gasteiger charge is 2.54. The molecule has 6 N–H and O–H groups in total. The zero-order chi connectivity index (χ0) is 16.1. The van der Waals surface area contributed by atoms with Crippen LogP contribution in [0.15, 0.2) is 6.33 Å². The van der Waals surface area contributed by atoms with Crippen molar-refractivity contribution < 1.29 is 20.1 Å². The molecule has 0 aliphatic carbocycles. The summed E-state index contributed by atoms with van der Waals surface area (Å²) in [4.78, 5) is 11.0. The fourth-order valence-electron chi connectivity index (χ4n) is 2.90. The van der Waals surface area contributed by atoms with Crippen LogP contribution in [0, 0.1) is 4.64 Å². The van der Waals surface area contributed by atoms with Crippen LogP contribution in [0.1, 0.15) is 13.3 Å². The van der Waals surface area contributed by atoms with Crippen LogP contribution >= 0.6 is 12.2 Å². The van der Waals surface area contributed by atoms with Gasteiger partial charge < -0.3 is 30.8 Å². The van der Waals surface area contributed by atoms with Crippen LogP contribution in [0.25, 0.3) is 11.2 Å². The van der Waals surface area contributed by atoms with Gasteiger partial charge in [0.1, 0.15) is 29.5 Å². The Morgan fingerprint density at radius 2 is 2.27 bits per heavy atom. The Hall–Kier alpha value is -1.59. The number of aromatic amines is 1. The van der Waals surface area contributed by atoms with Crippen LogP contribution in [0.2, 0.25) is 0 Å². The van der Waals surface area contributed by atoms with Crippen LogP contribution in [0.4, 0.5) is 5.95 Å².